The predicted octanol–water partition coefficient (Wildman–Crippen LogP) is 6.51. The number of carboxylic acid groups (broad SMARTS) is 1. The first-order valence-electron chi connectivity index (χ1n) is 11.1. The summed E-state index contributed by atoms with van der Waals surface area (Å²) in [4.78, 5) is 30.2. The molecule has 0 fully saturated rings. The van der Waals surface area contributed by atoms with Crippen LogP contribution < -0.4 is 5.32 Å². The molecular formula is C26H21ClN2O5S. The molecule has 178 valence electrons. The number of carboxylic acids is 1. The Labute approximate surface area is 210 Å². The fraction of sp³-hybridized carbons (Fsp3) is 0.192. The Hall–Kier alpha value is -3.62. The monoisotopic (exact) mass is 508 g/mol. The average molecular weight is 509 g/mol. The van der Waals surface area contributed by atoms with Gasteiger partial charge in [-0.05, 0) is 73.7 Å². The fourth-order valence-electron chi connectivity index (χ4n) is 4.08. The van der Waals surface area contributed by atoms with Crippen molar-refractivity contribution in [2.75, 3.05) is 0 Å². The molecular weight excluding hydrogens is 488 g/mol. The highest BCUT2D eigenvalue weighted by Gasteiger charge is 2.25. The normalized spacial score (nSPS) is 13.2. The van der Waals surface area contributed by atoms with Crippen LogP contribution in [0.4, 0.5) is 5.00 Å². The second-order valence-corrected chi connectivity index (χ2v) is 9.60. The first-order valence-corrected chi connectivity index (χ1v) is 12.3. The molecule has 7 nitrogen and oxygen atoms in total. The quantitative estimate of drug-likeness (QED) is 0.277. The molecule has 0 radical (unpaired) electrons. The predicted molar refractivity (Wildman–Crippen MR) is 134 cm³/mol. The standard InChI is InChI=1S/C26H21ClN2O5S/c27-20-9-7-15(26(31)32)12-19(20)21-10-8-17(34-21)14-29-25-23(18-5-1-2-6-22(18)35-25)24(30)28-13-16-4-3-11-33-16/h3-4,7-12,14H,1-2,5-6,13H2,(H,28,30)(H,31,32). The summed E-state index contributed by atoms with van der Waals surface area (Å²) in [6.07, 6.45) is 7.09. The van der Waals surface area contributed by atoms with E-state index in [4.69, 9.17) is 20.4 Å². The van der Waals surface area contributed by atoms with Gasteiger partial charge in [-0.1, -0.05) is 11.6 Å². The molecule has 35 heavy (non-hydrogen) atoms. The summed E-state index contributed by atoms with van der Waals surface area (Å²) in [6, 6.07) is 11.5. The number of benzene rings is 1. The largest absolute Gasteiger partial charge is 0.478 e. The number of furan rings is 2. The number of fused-ring (bicyclic) bond motifs is 1. The molecule has 0 saturated heterocycles. The molecule has 9 heteroatoms. The molecule has 3 heterocycles. The van der Waals surface area contributed by atoms with E-state index < -0.39 is 5.97 Å². The molecule has 0 spiro atoms. The molecule has 1 aromatic carbocycles. The van der Waals surface area contributed by atoms with Gasteiger partial charge in [0.2, 0.25) is 0 Å². The maximum atomic E-state index is 13.1. The number of halogens is 1. The van der Waals surface area contributed by atoms with Crippen LogP contribution in [-0.4, -0.2) is 23.2 Å². The highest BCUT2D eigenvalue weighted by molar-refractivity contribution is 7.16. The molecule has 1 amide bonds. The number of thiophene rings is 1. The fourth-order valence-corrected chi connectivity index (χ4v) is 5.52. The molecule has 0 aliphatic heterocycles. The second kappa shape index (κ2) is 9.93. The van der Waals surface area contributed by atoms with Gasteiger partial charge in [0.05, 0.1) is 35.2 Å². The Morgan fingerprint density at radius 1 is 1.17 bits per heavy atom. The van der Waals surface area contributed by atoms with E-state index in [9.17, 15) is 14.7 Å². The zero-order valence-corrected chi connectivity index (χ0v) is 20.1. The molecule has 0 bridgehead atoms. The van der Waals surface area contributed by atoms with Gasteiger partial charge >= 0.3 is 5.97 Å². The zero-order chi connectivity index (χ0) is 24.4. The van der Waals surface area contributed by atoms with Crippen LogP contribution in [0.15, 0.2) is 62.6 Å². The molecule has 3 aromatic heterocycles. The van der Waals surface area contributed by atoms with Gasteiger partial charge in [0, 0.05) is 10.4 Å². The van der Waals surface area contributed by atoms with Crippen LogP contribution in [0.3, 0.4) is 0 Å². The summed E-state index contributed by atoms with van der Waals surface area (Å²) in [6.45, 7) is 0.303. The molecule has 4 aromatic rings. The molecule has 0 atom stereocenters. The number of rotatable bonds is 7. The van der Waals surface area contributed by atoms with Crippen LogP contribution >= 0.6 is 22.9 Å². The second-order valence-electron chi connectivity index (χ2n) is 8.11. The van der Waals surface area contributed by atoms with Crippen LogP contribution in [0.25, 0.3) is 11.3 Å². The van der Waals surface area contributed by atoms with Crippen LogP contribution in [-0.2, 0) is 19.4 Å². The van der Waals surface area contributed by atoms with E-state index in [0.717, 1.165) is 31.2 Å². The minimum atomic E-state index is -1.05. The summed E-state index contributed by atoms with van der Waals surface area (Å²) in [7, 11) is 0. The summed E-state index contributed by atoms with van der Waals surface area (Å²) in [5.41, 5.74) is 2.28. The van der Waals surface area contributed by atoms with Crippen molar-refractivity contribution in [2.45, 2.75) is 32.2 Å². The van der Waals surface area contributed by atoms with Gasteiger partial charge in [0.15, 0.2) is 0 Å². The summed E-state index contributed by atoms with van der Waals surface area (Å²) >= 11 is 7.80. The van der Waals surface area contributed by atoms with Crippen LogP contribution in [0.1, 0.15) is 55.5 Å². The maximum Gasteiger partial charge on any atom is 0.335 e. The molecule has 5 rings (SSSR count). The third kappa shape index (κ3) is 4.94. The average Bonchev–Trinajstić information content (AvgIpc) is 3.61. The maximum absolute atomic E-state index is 13.1. The smallest absolute Gasteiger partial charge is 0.335 e. The van der Waals surface area contributed by atoms with Crippen molar-refractivity contribution in [1.82, 2.24) is 5.32 Å². The minimum absolute atomic E-state index is 0.116. The van der Waals surface area contributed by atoms with E-state index >= 15 is 0 Å². The minimum Gasteiger partial charge on any atom is -0.478 e. The van der Waals surface area contributed by atoms with Crippen molar-refractivity contribution in [3.63, 3.8) is 0 Å². The Morgan fingerprint density at radius 2 is 2.03 bits per heavy atom. The Morgan fingerprint density at radius 3 is 2.83 bits per heavy atom. The van der Waals surface area contributed by atoms with Gasteiger partial charge in [-0.2, -0.15) is 0 Å². The van der Waals surface area contributed by atoms with E-state index in [1.54, 1.807) is 30.7 Å². The number of amides is 1. The molecule has 0 unspecified atom stereocenters. The lowest BCUT2D eigenvalue weighted by Crippen LogP contribution is -2.23. The van der Waals surface area contributed by atoms with Gasteiger partial charge in [-0.15, -0.1) is 11.3 Å². The van der Waals surface area contributed by atoms with Crippen LogP contribution in [0.2, 0.25) is 5.02 Å². The van der Waals surface area contributed by atoms with E-state index in [1.807, 2.05) is 6.07 Å². The van der Waals surface area contributed by atoms with E-state index in [-0.39, 0.29) is 11.5 Å². The Bertz CT molecular complexity index is 1420. The number of hydrogen-bond acceptors (Lipinski definition) is 6. The Balaban J connectivity index is 1.41. The zero-order valence-electron chi connectivity index (χ0n) is 18.5. The van der Waals surface area contributed by atoms with Crippen molar-refractivity contribution in [3.8, 4) is 11.3 Å². The number of nitrogens with zero attached hydrogens (tertiary/aromatic N) is 1. The van der Waals surface area contributed by atoms with E-state index in [2.05, 4.69) is 10.3 Å². The highest BCUT2D eigenvalue weighted by atomic mass is 35.5. The number of carbonyl (C=O) groups is 2. The number of aryl methyl sites for hydroxylation is 1. The van der Waals surface area contributed by atoms with E-state index in [1.165, 1.54) is 34.4 Å². The lowest BCUT2D eigenvalue weighted by molar-refractivity contribution is 0.0696. The number of carbonyl (C=O) groups excluding carboxylic acids is 1. The SMILES string of the molecule is O=C(O)c1ccc(Cl)c(-c2ccc(C=Nc3sc4c(c3C(=O)NCc3ccco3)CCCC4)o2)c1. The van der Waals surface area contributed by atoms with Gasteiger partial charge in [0.1, 0.15) is 22.3 Å². The number of nitrogens with one attached hydrogen (secondary N) is 1. The van der Waals surface area contributed by atoms with Crippen molar-refractivity contribution in [3.05, 3.63) is 86.8 Å². The summed E-state index contributed by atoms with van der Waals surface area (Å²) in [5.74, 6) is 0.355. The van der Waals surface area contributed by atoms with E-state index in [0.29, 0.717) is 45.0 Å². The summed E-state index contributed by atoms with van der Waals surface area (Å²) < 4.78 is 11.2. The molecule has 2 N–H and O–H groups in total. The van der Waals surface area contributed by atoms with Crippen LogP contribution in [0, 0.1) is 0 Å². The number of aromatic carboxylic acids is 1. The van der Waals surface area contributed by atoms with Crippen molar-refractivity contribution in [1.29, 1.82) is 0 Å². The molecule has 1 aliphatic rings. The van der Waals surface area contributed by atoms with Crippen molar-refractivity contribution >= 4 is 46.0 Å². The summed E-state index contributed by atoms with van der Waals surface area (Å²) in [5, 5.41) is 13.2. The first-order chi connectivity index (χ1) is 17.0. The Kier molecular flexibility index (Phi) is 6.57. The topological polar surface area (TPSA) is 105 Å². The van der Waals surface area contributed by atoms with Gasteiger partial charge in [-0.25, -0.2) is 9.79 Å². The number of hydrogen-bond donors (Lipinski definition) is 2. The van der Waals surface area contributed by atoms with Gasteiger partial charge in [-0.3, -0.25) is 4.79 Å². The first kappa shape index (κ1) is 23.1. The third-order valence-corrected chi connectivity index (χ3v) is 7.33. The van der Waals surface area contributed by atoms with Crippen molar-refractivity contribution < 1.29 is 23.5 Å². The lowest BCUT2D eigenvalue weighted by atomic mass is 9.95. The molecule has 0 saturated carbocycles. The third-order valence-electron chi connectivity index (χ3n) is 5.80. The number of aliphatic imine (C=N–C) groups is 1. The lowest BCUT2D eigenvalue weighted by Gasteiger charge is -2.12. The highest BCUT2D eigenvalue weighted by Crippen LogP contribution is 2.40. The van der Waals surface area contributed by atoms with Gasteiger partial charge < -0.3 is 19.3 Å². The molecule has 1 aliphatic carbocycles. The van der Waals surface area contributed by atoms with Gasteiger partial charge in [0.25, 0.3) is 5.91 Å². The van der Waals surface area contributed by atoms with Crippen LogP contribution in [0.5, 0.6) is 0 Å². The van der Waals surface area contributed by atoms with Crippen molar-refractivity contribution in [2.24, 2.45) is 4.99 Å².